The van der Waals surface area contributed by atoms with Gasteiger partial charge in [-0.05, 0) is 31.4 Å². The van der Waals surface area contributed by atoms with E-state index in [2.05, 4.69) is 15.3 Å². The van der Waals surface area contributed by atoms with Crippen LogP contribution in [0, 0.1) is 18.3 Å². The van der Waals surface area contributed by atoms with E-state index in [1.165, 1.54) is 0 Å². The maximum Gasteiger partial charge on any atom is 0.321 e. The van der Waals surface area contributed by atoms with Gasteiger partial charge in [-0.25, -0.2) is 4.79 Å². The van der Waals surface area contributed by atoms with Gasteiger partial charge in [0.05, 0.1) is 11.6 Å². The number of para-hydroxylation sites is 1. The molecule has 8 heteroatoms. The zero-order valence-corrected chi connectivity index (χ0v) is 19.5. The first-order valence-corrected chi connectivity index (χ1v) is 11.3. The lowest BCUT2D eigenvalue weighted by molar-refractivity contribution is -0.141. The zero-order valence-electron chi connectivity index (χ0n) is 19.5. The molecule has 3 amide bonds. The summed E-state index contributed by atoms with van der Waals surface area (Å²) in [7, 11) is 5.59. The van der Waals surface area contributed by atoms with Crippen LogP contribution in [0.2, 0.25) is 0 Å². The van der Waals surface area contributed by atoms with E-state index < -0.39 is 5.41 Å². The van der Waals surface area contributed by atoms with Crippen molar-refractivity contribution < 1.29 is 9.59 Å². The van der Waals surface area contributed by atoms with Crippen LogP contribution in [-0.2, 0) is 18.4 Å². The van der Waals surface area contributed by atoms with Crippen molar-refractivity contribution in [3.63, 3.8) is 0 Å². The van der Waals surface area contributed by atoms with E-state index in [0.29, 0.717) is 13.1 Å². The number of hydrogen-bond acceptors (Lipinski definition) is 4. The number of amides is 3. The SMILES string of the molecule is Cc1ccccc1NC(=O)N1CCC[C@]2(C(=O)N(C)C)CN(Cc3cnn(C)c3)C[C@@H]2C1. The number of likely N-dealkylation sites (tertiary alicyclic amines) is 2. The second-order valence-corrected chi connectivity index (χ2v) is 9.54. The van der Waals surface area contributed by atoms with Crippen LogP contribution in [0.1, 0.15) is 24.0 Å². The smallest absolute Gasteiger partial charge is 0.321 e. The van der Waals surface area contributed by atoms with E-state index >= 15 is 0 Å². The molecule has 1 aromatic carbocycles. The molecular formula is C24H34N6O2. The molecule has 2 aliphatic rings. The zero-order chi connectivity index (χ0) is 22.9. The Kier molecular flexibility index (Phi) is 6.24. The van der Waals surface area contributed by atoms with Crippen LogP contribution in [0.5, 0.6) is 0 Å². The fourth-order valence-electron chi connectivity index (χ4n) is 5.36. The molecule has 1 N–H and O–H groups in total. The van der Waals surface area contributed by atoms with Crippen LogP contribution in [-0.4, -0.2) is 76.7 Å². The van der Waals surface area contributed by atoms with E-state index in [1.54, 1.807) is 4.90 Å². The Morgan fingerprint density at radius 2 is 2.03 bits per heavy atom. The number of anilines is 1. The van der Waals surface area contributed by atoms with Crippen molar-refractivity contribution in [1.82, 2.24) is 24.5 Å². The number of urea groups is 1. The highest BCUT2D eigenvalue weighted by molar-refractivity contribution is 5.90. The summed E-state index contributed by atoms with van der Waals surface area (Å²) in [5.74, 6) is 0.275. The van der Waals surface area contributed by atoms with Gasteiger partial charge < -0.3 is 15.1 Å². The summed E-state index contributed by atoms with van der Waals surface area (Å²) < 4.78 is 1.81. The lowest BCUT2D eigenvalue weighted by Gasteiger charge is -2.35. The van der Waals surface area contributed by atoms with Gasteiger partial charge in [0, 0.05) is 77.2 Å². The van der Waals surface area contributed by atoms with Crippen molar-refractivity contribution in [1.29, 1.82) is 0 Å². The fourth-order valence-corrected chi connectivity index (χ4v) is 5.36. The minimum Gasteiger partial charge on any atom is -0.348 e. The number of hydrogen-bond donors (Lipinski definition) is 1. The largest absolute Gasteiger partial charge is 0.348 e. The average Bonchev–Trinajstić information content (AvgIpc) is 3.26. The lowest BCUT2D eigenvalue weighted by atomic mass is 9.74. The summed E-state index contributed by atoms with van der Waals surface area (Å²) in [6, 6.07) is 7.73. The maximum absolute atomic E-state index is 13.4. The molecule has 0 bridgehead atoms. The molecule has 8 nitrogen and oxygen atoms in total. The first-order valence-electron chi connectivity index (χ1n) is 11.3. The summed E-state index contributed by atoms with van der Waals surface area (Å²) in [4.78, 5) is 32.5. The van der Waals surface area contributed by atoms with Gasteiger partial charge in [-0.1, -0.05) is 18.2 Å². The van der Waals surface area contributed by atoms with Gasteiger partial charge in [0.1, 0.15) is 0 Å². The summed E-state index contributed by atoms with van der Waals surface area (Å²) >= 11 is 0. The van der Waals surface area contributed by atoms with E-state index in [1.807, 2.05) is 74.3 Å². The molecule has 2 aliphatic heterocycles. The number of nitrogens with one attached hydrogen (secondary N) is 1. The number of aryl methyl sites for hydroxylation is 2. The number of carbonyl (C=O) groups excluding carboxylic acids is 2. The summed E-state index contributed by atoms with van der Waals surface area (Å²) in [5.41, 5.74) is 2.56. The van der Waals surface area contributed by atoms with E-state index in [0.717, 1.165) is 49.3 Å². The van der Waals surface area contributed by atoms with Crippen molar-refractivity contribution in [2.45, 2.75) is 26.3 Å². The van der Waals surface area contributed by atoms with Crippen molar-refractivity contribution in [3.05, 3.63) is 47.8 Å². The summed E-state index contributed by atoms with van der Waals surface area (Å²) in [6.45, 7) is 5.52. The lowest BCUT2D eigenvalue weighted by Crippen LogP contribution is -2.48. The average molecular weight is 439 g/mol. The maximum atomic E-state index is 13.4. The van der Waals surface area contributed by atoms with E-state index in [4.69, 9.17) is 0 Å². The van der Waals surface area contributed by atoms with Crippen molar-refractivity contribution in [2.24, 2.45) is 18.4 Å². The van der Waals surface area contributed by atoms with Crippen molar-refractivity contribution in [3.8, 4) is 0 Å². The molecule has 172 valence electrons. The number of fused-ring (bicyclic) bond motifs is 1. The molecule has 0 saturated carbocycles. The fraction of sp³-hybridized carbons (Fsp3) is 0.542. The normalized spacial score (nSPS) is 23.5. The molecule has 2 fully saturated rings. The Morgan fingerprint density at radius 3 is 2.72 bits per heavy atom. The first-order chi connectivity index (χ1) is 15.3. The Bertz CT molecular complexity index is 986. The van der Waals surface area contributed by atoms with E-state index in [-0.39, 0.29) is 17.9 Å². The van der Waals surface area contributed by atoms with Crippen LogP contribution in [0.25, 0.3) is 0 Å². The van der Waals surface area contributed by atoms with Gasteiger partial charge in [0.15, 0.2) is 0 Å². The summed E-state index contributed by atoms with van der Waals surface area (Å²) in [5, 5.41) is 7.35. The van der Waals surface area contributed by atoms with Gasteiger partial charge in [-0.3, -0.25) is 14.4 Å². The number of nitrogens with zero attached hydrogens (tertiary/aromatic N) is 5. The van der Waals surface area contributed by atoms with Gasteiger partial charge >= 0.3 is 6.03 Å². The third kappa shape index (κ3) is 4.37. The second-order valence-electron chi connectivity index (χ2n) is 9.54. The summed E-state index contributed by atoms with van der Waals surface area (Å²) in [6.07, 6.45) is 5.53. The number of rotatable bonds is 4. The Morgan fingerprint density at radius 1 is 1.25 bits per heavy atom. The van der Waals surface area contributed by atoms with Crippen LogP contribution < -0.4 is 5.32 Å². The monoisotopic (exact) mass is 438 g/mol. The van der Waals surface area contributed by atoms with Crippen LogP contribution >= 0.6 is 0 Å². The molecule has 0 unspecified atom stereocenters. The Balaban J connectivity index is 1.53. The second kappa shape index (κ2) is 8.94. The Hall–Kier alpha value is -2.87. The predicted molar refractivity (Wildman–Crippen MR) is 124 cm³/mol. The molecular weight excluding hydrogens is 404 g/mol. The molecule has 3 heterocycles. The third-order valence-corrected chi connectivity index (χ3v) is 6.93. The predicted octanol–water partition coefficient (Wildman–Crippen LogP) is 2.56. The van der Waals surface area contributed by atoms with Crippen molar-refractivity contribution >= 4 is 17.6 Å². The van der Waals surface area contributed by atoms with Gasteiger partial charge in [0.25, 0.3) is 0 Å². The molecule has 4 rings (SSSR count). The molecule has 2 aromatic rings. The minimum atomic E-state index is -0.455. The van der Waals surface area contributed by atoms with Crippen LogP contribution in [0.4, 0.5) is 10.5 Å². The molecule has 1 aromatic heterocycles. The van der Waals surface area contributed by atoms with Crippen molar-refractivity contribution in [2.75, 3.05) is 45.6 Å². The van der Waals surface area contributed by atoms with Crippen LogP contribution in [0.3, 0.4) is 0 Å². The standard InChI is InChI=1S/C24H34N6O2/c1-18-8-5-6-9-21(18)26-23(32)30-11-7-10-24(22(31)27(2)3)17-29(15-20(24)16-30)14-19-12-25-28(4)13-19/h5-6,8-9,12-13,20H,7,10-11,14-17H2,1-4H3,(H,26,32)/t20-,24+/m1/s1. The van der Waals surface area contributed by atoms with Gasteiger partial charge in [-0.15, -0.1) is 0 Å². The highest BCUT2D eigenvalue weighted by Gasteiger charge is 2.53. The first kappa shape index (κ1) is 22.3. The highest BCUT2D eigenvalue weighted by atomic mass is 16.2. The molecule has 0 aliphatic carbocycles. The Labute approximate surface area is 190 Å². The molecule has 2 atom stereocenters. The minimum absolute atomic E-state index is 0.0851. The topological polar surface area (TPSA) is 73.7 Å². The molecule has 2 saturated heterocycles. The van der Waals surface area contributed by atoms with Crippen LogP contribution in [0.15, 0.2) is 36.7 Å². The molecule has 0 radical (unpaired) electrons. The number of benzene rings is 1. The molecule has 32 heavy (non-hydrogen) atoms. The number of aromatic nitrogens is 2. The molecule has 0 spiro atoms. The highest BCUT2D eigenvalue weighted by Crippen LogP contribution is 2.44. The quantitative estimate of drug-likeness (QED) is 0.796. The number of carbonyl (C=O) groups is 2. The van der Waals surface area contributed by atoms with E-state index in [9.17, 15) is 9.59 Å². The van der Waals surface area contributed by atoms with Gasteiger partial charge in [0.2, 0.25) is 5.91 Å². The van der Waals surface area contributed by atoms with Gasteiger partial charge in [-0.2, -0.15) is 5.10 Å². The third-order valence-electron chi connectivity index (χ3n) is 6.93.